The lowest BCUT2D eigenvalue weighted by Crippen LogP contribution is -2.07. The standard InChI is InChI=1S/C15H15Cl2NO3/c1-4-20-15(19)13-12(8(2)3)18-14(21-13)9-5-6-10(16)11(17)7-9/h5-8H,4H2,1-3H3. The number of ether oxygens (including phenoxy) is 1. The van der Waals surface area contributed by atoms with Gasteiger partial charge in [0.05, 0.1) is 22.3 Å². The molecule has 0 unspecified atom stereocenters. The van der Waals surface area contributed by atoms with Crippen molar-refractivity contribution in [2.24, 2.45) is 0 Å². The van der Waals surface area contributed by atoms with Crippen molar-refractivity contribution >= 4 is 29.2 Å². The predicted octanol–water partition coefficient (Wildman–Crippen LogP) is 4.95. The van der Waals surface area contributed by atoms with E-state index in [0.717, 1.165) is 0 Å². The summed E-state index contributed by atoms with van der Waals surface area (Å²) in [6, 6.07) is 5.04. The van der Waals surface area contributed by atoms with E-state index in [1.807, 2.05) is 13.8 Å². The van der Waals surface area contributed by atoms with E-state index in [2.05, 4.69) is 4.98 Å². The molecule has 0 atom stereocenters. The number of esters is 1. The van der Waals surface area contributed by atoms with Crippen LogP contribution >= 0.6 is 23.2 Å². The Morgan fingerprint density at radius 1 is 1.33 bits per heavy atom. The number of nitrogens with zero attached hydrogens (tertiary/aromatic N) is 1. The van der Waals surface area contributed by atoms with Gasteiger partial charge < -0.3 is 9.15 Å². The Kier molecular flexibility index (Phi) is 4.91. The summed E-state index contributed by atoms with van der Waals surface area (Å²) in [5.74, 6) is -0.0297. The van der Waals surface area contributed by atoms with Gasteiger partial charge in [-0.05, 0) is 31.0 Å². The van der Waals surface area contributed by atoms with Gasteiger partial charge in [0.1, 0.15) is 0 Å². The number of oxazole rings is 1. The number of carbonyl (C=O) groups excluding carboxylic acids is 1. The van der Waals surface area contributed by atoms with E-state index in [1.165, 1.54) is 0 Å². The summed E-state index contributed by atoms with van der Waals surface area (Å²) in [6.07, 6.45) is 0. The molecule has 0 aliphatic rings. The Bertz CT molecular complexity index is 665. The number of halogens is 2. The molecule has 0 bridgehead atoms. The highest BCUT2D eigenvalue weighted by Gasteiger charge is 2.24. The highest BCUT2D eigenvalue weighted by Crippen LogP contribution is 2.31. The molecule has 0 N–H and O–H groups in total. The molecule has 1 aromatic carbocycles. The largest absolute Gasteiger partial charge is 0.460 e. The average Bonchev–Trinajstić information content (AvgIpc) is 2.87. The van der Waals surface area contributed by atoms with Crippen LogP contribution in [0.3, 0.4) is 0 Å². The molecule has 1 heterocycles. The van der Waals surface area contributed by atoms with E-state index in [4.69, 9.17) is 32.4 Å². The topological polar surface area (TPSA) is 52.3 Å². The summed E-state index contributed by atoms with van der Waals surface area (Å²) in [4.78, 5) is 16.3. The third-order valence-electron chi connectivity index (χ3n) is 2.83. The Morgan fingerprint density at radius 3 is 2.62 bits per heavy atom. The van der Waals surface area contributed by atoms with Crippen molar-refractivity contribution in [3.8, 4) is 11.5 Å². The van der Waals surface area contributed by atoms with E-state index in [0.29, 0.717) is 27.2 Å². The minimum atomic E-state index is -0.514. The number of rotatable bonds is 4. The smallest absolute Gasteiger partial charge is 0.376 e. The third kappa shape index (κ3) is 3.39. The first kappa shape index (κ1) is 15.9. The maximum atomic E-state index is 11.9. The van der Waals surface area contributed by atoms with Crippen molar-refractivity contribution in [3.63, 3.8) is 0 Å². The van der Waals surface area contributed by atoms with Gasteiger partial charge in [0, 0.05) is 5.56 Å². The van der Waals surface area contributed by atoms with Crippen LogP contribution in [0.4, 0.5) is 0 Å². The van der Waals surface area contributed by atoms with Crippen LogP contribution in [-0.2, 0) is 4.74 Å². The normalized spacial score (nSPS) is 11.0. The van der Waals surface area contributed by atoms with Crippen LogP contribution in [-0.4, -0.2) is 17.6 Å². The van der Waals surface area contributed by atoms with E-state index in [1.54, 1.807) is 25.1 Å². The number of benzene rings is 1. The Morgan fingerprint density at radius 2 is 2.05 bits per heavy atom. The molecule has 0 fully saturated rings. The lowest BCUT2D eigenvalue weighted by atomic mass is 10.1. The molecule has 2 rings (SSSR count). The molecule has 0 amide bonds. The van der Waals surface area contributed by atoms with E-state index in [9.17, 15) is 4.79 Å². The Balaban J connectivity index is 2.48. The zero-order chi connectivity index (χ0) is 15.6. The zero-order valence-corrected chi connectivity index (χ0v) is 13.5. The van der Waals surface area contributed by atoms with Crippen molar-refractivity contribution in [2.45, 2.75) is 26.7 Å². The van der Waals surface area contributed by atoms with Gasteiger partial charge in [0.2, 0.25) is 11.7 Å². The van der Waals surface area contributed by atoms with E-state index >= 15 is 0 Å². The number of carbonyl (C=O) groups is 1. The molecule has 4 nitrogen and oxygen atoms in total. The summed E-state index contributed by atoms with van der Waals surface area (Å²) in [7, 11) is 0. The fourth-order valence-corrected chi connectivity index (χ4v) is 2.12. The van der Waals surface area contributed by atoms with E-state index < -0.39 is 5.97 Å². The second kappa shape index (κ2) is 6.50. The molecule has 1 aromatic heterocycles. The van der Waals surface area contributed by atoms with Crippen LogP contribution in [0.25, 0.3) is 11.5 Å². The van der Waals surface area contributed by atoms with Crippen molar-refractivity contribution in [2.75, 3.05) is 6.61 Å². The van der Waals surface area contributed by atoms with Crippen LogP contribution in [0.5, 0.6) is 0 Å². The molecule has 112 valence electrons. The van der Waals surface area contributed by atoms with Gasteiger partial charge in [-0.1, -0.05) is 37.0 Å². The summed E-state index contributed by atoms with van der Waals surface area (Å²) in [5, 5.41) is 0.845. The van der Waals surface area contributed by atoms with Crippen molar-refractivity contribution in [3.05, 3.63) is 39.7 Å². The fraction of sp³-hybridized carbons (Fsp3) is 0.333. The summed E-state index contributed by atoms with van der Waals surface area (Å²) < 4.78 is 10.6. The highest BCUT2D eigenvalue weighted by molar-refractivity contribution is 6.42. The molecule has 21 heavy (non-hydrogen) atoms. The van der Waals surface area contributed by atoms with Gasteiger partial charge in [0.25, 0.3) is 0 Å². The SMILES string of the molecule is CCOC(=O)c1oc(-c2ccc(Cl)c(Cl)c2)nc1C(C)C. The first-order valence-corrected chi connectivity index (χ1v) is 7.32. The predicted molar refractivity (Wildman–Crippen MR) is 82.0 cm³/mol. The van der Waals surface area contributed by atoms with Crippen LogP contribution in [0.15, 0.2) is 22.6 Å². The van der Waals surface area contributed by atoms with Gasteiger partial charge >= 0.3 is 5.97 Å². The molecule has 0 saturated carbocycles. The van der Waals surface area contributed by atoms with Crippen LogP contribution < -0.4 is 0 Å². The lowest BCUT2D eigenvalue weighted by Gasteiger charge is -2.02. The van der Waals surface area contributed by atoms with Crippen LogP contribution in [0.1, 0.15) is 42.9 Å². The first-order valence-electron chi connectivity index (χ1n) is 6.57. The summed E-state index contributed by atoms with van der Waals surface area (Å²) >= 11 is 11.9. The van der Waals surface area contributed by atoms with Gasteiger partial charge in [0.15, 0.2) is 0 Å². The first-order chi connectivity index (χ1) is 9.93. The minimum absolute atomic E-state index is 0.0321. The number of hydrogen-bond acceptors (Lipinski definition) is 4. The number of aromatic nitrogens is 1. The van der Waals surface area contributed by atoms with Crippen molar-refractivity contribution in [1.29, 1.82) is 0 Å². The van der Waals surface area contributed by atoms with Gasteiger partial charge in [-0.2, -0.15) is 0 Å². The molecule has 0 radical (unpaired) electrons. The maximum Gasteiger partial charge on any atom is 0.376 e. The zero-order valence-electron chi connectivity index (χ0n) is 11.9. The second-order valence-corrected chi connectivity index (χ2v) is 5.55. The van der Waals surface area contributed by atoms with Gasteiger partial charge in [-0.25, -0.2) is 9.78 Å². The molecular formula is C15H15Cl2NO3. The second-order valence-electron chi connectivity index (χ2n) is 4.74. The molecular weight excluding hydrogens is 313 g/mol. The van der Waals surface area contributed by atoms with E-state index in [-0.39, 0.29) is 18.3 Å². The maximum absolute atomic E-state index is 11.9. The van der Waals surface area contributed by atoms with Crippen LogP contribution in [0, 0.1) is 0 Å². The lowest BCUT2D eigenvalue weighted by molar-refractivity contribution is 0.0488. The molecule has 0 aliphatic carbocycles. The average molecular weight is 328 g/mol. The third-order valence-corrected chi connectivity index (χ3v) is 3.57. The highest BCUT2D eigenvalue weighted by atomic mass is 35.5. The molecule has 0 aliphatic heterocycles. The molecule has 6 heteroatoms. The quantitative estimate of drug-likeness (QED) is 0.745. The molecule has 0 saturated heterocycles. The Hall–Kier alpha value is -1.52. The van der Waals surface area contributed by atoms with Crippen LogP contribution in [0.2, 0.25) is 10.0 Å². The van der Waals surface area contributed by atoms with Gasteiger partial charge in [-0.3, -0.25) is 0 Å². The number of hydrogen-bond donors (Lipinski definition) is 0. The summed E-state index contributed by atoms with van der Waals surface area (Å²) in [5.41, 5.74) is 1.22. The molecule has 2 aromatic rings. The monoisotopic (exact) mass is 327 g/mol. The minimum Gasteiger partial charge on any atom is -0.460 e. The Labute approximate surface area is 133 Å². The molecule has 0 spiro atoms. The van der Waals surface area contributed by atoms with Crippen molar-refractivity contribution < 1.29 is 13.9 Å². The fourth-order valence-electron chi connectivity index (χ4n) is 1.82. The van der Waals surface area contributed by atoms with Gasteiger partial charge in [-0.15, -0.1) is 0 Å². The van der Waals surface area contributed by atoms with Crippen molar-refractivity contribution in [1.82, 2.24) is 4.98 Å². The summed E-state index contributed by atoms with van der Waals surface area (Å²) in [6.45, 7) is 5.88.